The SMILES string of the molecule is CC[PH](C)(Cc1ccccc1)c1ccccc1. The van der Waals surface area contributed by atoms with Crippen LogP contribution in [0, 0.1) is 0 Å². The van der Waals surface area contributed by atoms with E-state index in [4.69, 9.17) is 0 Å². The Kier molecular flexibility index (Phi) is 3.97. The third kappa shape index (κ3) is 2.96. The van der Waals surface area contributed by atoms with E-state index in [2.05, 4.69) is 74.3 Å². The second kappa shape index (κ2) is 5.47. The average molecular weight is 244 g/mol. The normalized spacial score (nSPS) is 12.4. The van der Waals surface area contributed by atoms with Crippen LogP contribution in [-0.4, -0.2) is 12.8 Å². The van der Waals surface area contributed by atoms with E-state index in [1.54, 1.807) is 5.30 Å². The first-order valence-electron chi connectivity index (χ1n) is 6.34. The van der Waals surface area contributed by atoms with Gasteiger partial charge in [0, 0.05) is 0 Å². The van der Waals surface area contributed by atoms with Gasteiger partial charge in [-0.3, -0.25) is 0 Å². The topological polar surface area (TPSA) is 0 Å². The summed E-state index contributed by atoms with van der Waals surface area (Å²) in [6, 6.07) is 21.9. The second-order valence-corrected chi connectivity index (χ2v) is 9.70. The fourth-order valence-electron chi connectivity index (χ4n) is 2.32. The summed E-state index contributed by atoms with van der Waals surface area (Å²) in [6.45, 7) is 4.83. The summed E-state index contributed by atoms with van der Waals surface area (Å²) in [6.07, 6.45) is 2.54. The predicted molar refractivity (Wildman–Crippen MR) is 81.0 cm³/mol. The Morgan fingerprint density at radius 3 is 1.88 bits per heavy atom. The fourth-order valence-corrected chi connectivity index (χ4v) is 5.31. The molecule has 17 heavy (non-hydrogen) atoms. The molecule has 0 spiro atoms. The van der Waals surface area contributed by atoms with Gasteiger partial charge in [-0.2, -0.15) is 0 Å². The summed E-state index contributed by atoms with van der Waals surface area (Å²) in [7, 11) is -1.34. The van der Waals surface area contributed by atoms with E-state index in [9.17, 15) is 0 Å². The molecule has 0 aliphatic carbocycles. The Labute approximate surface area is 105 Å². The molecule has 0 unspecified atom stereocenters. The van der Waals surface area contributed by atoms with Gasteiger partial charge in [0.05, 0.1) is 0 Å². The third-order valence-electron chi connectivity index (χ3n) is 3.69. The Bertz CT molecular complexity index is 449. The van der Waals surface area contributed by atoms with Crippen LogP contribution in [0.2, 0.25) is 0 Å². The Morgan fingerprint density at radius 1 is 0.824 bits per heavy atom. The molecule has 90 valence electrons. The number of rotatable bonds is 4. The average Bonchev–Trinajstić information content (AvgIpc) is 2.41. The Hall–Kier alpha value is -1.13. The van der Waals surface area contributed by atoms with Gasteiger partial charge in [0.2, 0.25) is 0 Å². The van der Waals surface area contributed by atoms with Gasteiger partial charge >= 0.3 is 105 Å². The summed E-state index contributed by atoms with van der Waals surface area (Å²) in [4.78, 5) is 0. The van der Waals surface area contributed by atoms with Crippen LogP contribution in [0.4, 0.5) is 0 Å². The molecule has 0 radical (unpaired) electrons. The zero-order valence-corrected chi connectivity index (χ0v) is 11.7. The summed E-state index contributed by atoms with van der Waals surface area (Å²) in [5, 5.41) is 1.58. The van der Waals surface area contributed by atoms with Gasteiger partial charge in [-0.15, -0.1) is 0 Å². The van der Waals surface area contributed by atoms with Crippen LogP contribution in [0.15, 0.2) is 60.7 Å². The van der Waals surface area contributed by atoms with Crippen LogP contribution in [0.1, 0.15) is 12.5 Å². The van der Waals surface area contributed by atoms with E-state index < -0.39 is 7.26 Å². The number of hydrogen-bond donors (Lipinski definition) is 0. The van der Waals surface area contributed by atoms with Crippen molar-refractivity contribution in [2.75, 3.05) is 12.8 Å². The van der Waals surface area contributed by atoms with Crippen molar-refractivity contribution < 1.29 is 0 Å². The third-order valence-corrected chi connectivity index (χ3v) is 8.16. The molecular formula is C16H21P. The van der Waals surface area contributed by atoms with Crippen molar-refractivity contribution in [3.8, 4) is 0 Å². The van der Waals surface area contributed by atoms with Crippen molar-refractivity contribution in [1.29, 1.82) is 0 Å². The molecule has 1 heteroatoms. The van der Waals surface area contributed by atoms with Crippen LogP contribution in [0.3, 0.4) is 0 Å². The van der Waals surface area contributed by atoms with Gasteiger partial charge in [-0.05, 0) is 0 Å². The van der Waals surface area contributed by atoms with Crippen LogP contribution in [-0.2, 0) is 6.16 Å². The van der Waals surface area contributed by atoms with E-state index in [0.717, 1.165) is 0 Å². The first-order chi connectivity index (χ1) is 8.24. The monoisotopic (exact) mass is 244 g/mol. The van der Waals surface area contributed by atoms with E-state index in [1.807, 2.05) is 0 Å². The molecule has 0 aromatic heterocycles. The summed E-state index contributed by atoms with van der Waals surface area (Å²) in [5.41, 5.74) is 1.48. The van der Waals surface area contributed by atoms with Crippen molar-refractivity contribution in [2.45, 2.75) is 13.1 Å². The minimum atomic E-state index is -1.34. The standard InChI is InChI=1S/C16H21P/c1-3-17(2,16-12-8-5-9-13-16)14-15-10-6-4-7-11-15/h4-13,17H,3,14H2,1-2H3. The van der Waals surface area contributed by atoms with E-state index in [-0.39, 0.29) is 0 Å². The number of benzene rings is 2. The maximum absolute atomic E-state index is 2.50. The molecule has 0 atom stereocenters. The molecule has 0 N–H and O–H groups in total. The first-order valence-corrected chi connectivity index (χ1v) is 9.25. The molecule has 2 aromatic carbocycles. The zero-order chi connectivity index (χ0) is 12.1. The molecule has 0 saturated carbocycles. The van der Waals surface area contributed by atoms with Gasteiger partial charge in [-0.1, -0.05) is 0 Å². The summed E-state index contributed by atoms with van der Waals surface area (Å²) >= 11 is 0. The van der Waals surface area contributed by atoms with Crippen LogP contribution >= 0.6 is 7.26 Å². The molecule has 0 nitrogen and oxygen atoms in total. The molecule has 0 saturated heterocycles. The Morgan fingerprint density at radius 2 is 1.35 bits per heavy atom. The molecule has 0 heterocycles. The van der Waals surface area contributed by atoms with Gasteiger partial charge in [0.1, 0.15) is 0 Å². The van der Waals surface area contributed by atoms with Crippen molar-refractivity contribution in [2.24, 2.45) is 0 Å². The van der Waals surface area contributed by atoms with E-state index >= 15 is 0 Å². The molecule has 0 aliphatic heterocycles. The molecule has 0 fully saturated rings. The fraction of sp³-hybridized carbons (Fsp3) is 0.250. The molecule has 0 bridgehead atoms. The van der Waals surface area contributed by atoms with Gasteiger partial charge in [0.25, 0.3) is 0 Å². The molecule has 2 aromatic rings. The van der Waals surface area contributed by atoms with Crippen LogP contribution < -0.4 is 5.30 Å². The van der Waals surface area contributed by atoms with E-state index in [1.165, 1.54) is 17.9 Å². The first kappa shape index (κ1) is 12.3. The summed E-state index contributed by atoms with van der Waals surface area (Å²) in [5.74, 6) is 0. The second-order valence-electron chi connectivity index (χ2n) is 4.94. The van der Waals surface area contributed by atoms with Crippen LogP contribution in [0.5, 0.6) is 0 Å². The molecule has 0 aliphatic rings. The minimum absolute atomic E-state index is 1.24. The predicted octanol–water partition coefficient (Wildman–Crippen LogP) is 3.91. The maximum atomic E-state index is 2.50. The number of hydrogen-bond acceptors (Lipinski definition) is 0. The Balaban J connectivity index is 2.27. The van der Waals surface area contributed by atoms with Crippen LogP contribution in [0.25, 0.3) is 0 Å². The van der Waals surface area contributed by atoms with Gasteiger partial charge in [0.15, 0.2) is 0 Å². The quantitative estimate of drug-likeness (QED) is 0.715. The van der Waals surface area contributed by atoms with Crippen molar-refractivity contribution in [1.82, 2.24) is 0 Å². The van der Waals surface area contributed by atoms with Gasteiger partial charge < -0.3 is 0 Å². The van der Waals surface area contributed by atoms with Crippen molar-refractivity contribution in [3.05, 3.63) is 66.2 Å². The van der Waals surface area contributed by atoms with Crippen molar-refractivity contribution >= 4 is 12.6 Å². The molecular weight excluding hydrogens is 223 g/mol. The molecule has 0 amide bonds. The zero-order valence-electron chi connectivity index (χ0n) is 10.7. The summed E-state index contributed by atoms with van der Waals surface area (Å²) < 4.78 is 0. The molecule has 2 rings (SSSR count). The van der Waals surface area contributed by atoms with Crippen molar-refractivity contribution in [3.63, 3.8) is 0 Å². The van der Waals surface area contributed by atoms with Gasteiger partial charge in [-0.25, -0.2) is 0 Å². The van der Waals surface area contributed by atoms with E-state index in [0.29, 0.717) is 0 Å².